The number of benzene rings is 18. The maximum Gasteiger partial charge on any atom is 0.0619 e. The summed E-state index contributed by atoms with van der Waals surface area (Å²) in [6, 6.07) is 156. The van der Waals surface area contributed by atoms with Crippen LogP contribution in [-0.4, -0.2) is 22.8 Å². The predicted octanol–water partition coefficient (Wildman–Crippen LogP) is 30.5. The first kappa shape index (κ1) is 73.2. The number of aryl methyl sites for hydroxylation is 5. The number of rotatable bonds is 8. The standard InChI is InChI=1S/3C25H19N.2C19H15N/c1-18-14-16-19(17-15-18)21-11-7-12-23-22-10-5-6-13-24(22)26(25(21)23)20-8-3-2-4-9-20;1-18-14-16-19(17-15-18)21-11-7-13-24-25(21)22-10-5-6-12-23(22)26(24)20-8-3-2-4-9-20;1-18-11-13-19(14-12-18)20-15-16-23-22-9-5-6-10-24(22)26(25(23)17-20)21-7-3-2-4-8-21;1-14-8-2-5-11-17(14)20-18-12-6-3-9-15(18)16-10-4-7-13-19(16)20;1-14-7-6-8-15(13-14)20-18-11-4-2-9-16(18)17-10-3-5-12-19(17)20/h3*2-17H,1H3;2*2-13H,1H3. The lowest BCUT2D eigenvalue weighted by Gasteiger charge is -2.11. The van der Waals surface area contributed by atoms with Gasteiger partial charge < -0.3 is 22.8 Å². The molecule has 18 aromatic carbocycles. The Kier molecular flexibility index (Phi) is 19.9. The highest BCUT2D eigenvalue weighted by Gasteiger charge is 2.20. The van der Waals surface area contributed by atoms with E-state index in [9.17, 15) is 0 Å². The van der Waals surface area contributed by atoms with Gasteiger partial charge in [0.25, 0.3) is 0 Å². The fourth-order valence-corrected chi connectivity index (χ4v) is 17.4. The number of hydrogen-bond donors (Lipinski definition) is 0. The maximum atomic E-state index is 2.39. The Bertz CT molecular complexity index is 7410. The zero-order chi connectivity index (χ0) is 79.6. The van der Waals surface area contributed by atoms with Crippen molar-refractivity contribution in [3.05, 3.63) is 465 Å². The van der Waals surface area contributed by atoms with E-state index in [1.807, 2.05) is 0 Å². The van der Waals surface area contributed by atoms with Crippen LogP contribution in [0.3, 0.4) is 0 Å². The lowest BCUT2D eigenvalue weighted by molar-refractivity contribution is 1.15. The molecular formula is C113H87N5. The summed E-state index contributed by atoms with van der Waals surface area (Å²) >= 11 is 0. The summed E-state index contributed by atoms with van der Waals surface area (Å²) in [5, 5.41) is 13.0. The first-order valence-corrected chi connectivity index (χ1v) is 40.7. The molecule has 0 N–H and O–H groups in total. The Hall–Kier alpha value is -15.0. The maximum absolute atomic E-state index is 2.39. The molecule has 23 aromatic rings. The molecule has 5 heteroatoms. The first-order valence-electron chi connectivity index (χ1n) is 40.7. The van der Waals surface area contributed by atoms with Crippen LogP contribution in [0, 0.1) is 34.6 Å². The lowest BCUT2D eigenvalue weighted by Crippen LogP contribution is -1.96. The third kappa shape index (κ3) is 13.8. The van der Waals surface area contributed by atoms with Crippen LogP contribution in [0.25, 0.3) is 171 Å². The summed E-state index contributed by atoms with van der Waals surface area (Å²) in [6.45, 7) is 10.7. The second-order valence-corrected chi connectivity index (χ2v) is 30.7. The fraction of sp³-hybridized carbons (Fsp3) is 0.0442. The highest BCUT2D eigenvalue weighted by atomic mass is 15.0. The van der Waals surface area contributed by atoms with Crippen LogP contribution in [0.5, 0.6) is 0 Å². The molecule has 0 bridgehead atoms. The minimum Gasteiger partial charge on any atom is -0.309 e. The van der Waals surface area contributed by atoms with E-state index >= 15 is 0 Å². The van der Waals surface area contributed by atoms with Gasteiger partial charge in [0, 0.05) is 87.9 Å². The van der Waals surface area contributed by atoms with E-state index in [2.05, 4.69) is 494 Å². The van der Waals surface area contributed by atoms with Crippen molar-refractivity contribution in [2.24, 2.45) is 0 Å². The molecular weight excluding hydrogens is 1430 g/mol. The van der Waals surface area contributed by atoms with Crippen molar-refractivity contribution < 1.29 is 0 Å². The van der Waals surface area contributed by atoms with Crippen LogP contribution >= 0.6 is 0 Å². The van der Waals surface area contributed by atoms with Crippen molar-refractivity contribution in [3.63, 3.8) is 0 Å². The third-order valence-corrected chi connectivity index (χ3v) is 23.0. The van der Waals surface area contributed by atoms with Crippen molar-refractivity contribution >= 4 is 109 Å². The van der Waals surface area contributed by atoms with Gasteiger partial charge in [0.2, 0.25) is 0 Å². The first-order chi connectivity index (χ1) is 58.2. The van der Waals surface area contributed by atoms with E-state index in [0.29, 0.717) is 0 Å². The molecule has 0 unspecified atom stereocenters. The predicted molar refractivity (Wildman–Crippen MR) is 504 cm³/mol. The molecule has 5 nitrogen and oxygen atoms in total. The fourth-order valence-electron chi connectivity index (χ4n) is 17.4. The molecule has 0 spiro atoms. The summed E-state index contributed by atoms with van der Waals surface area (Å²) in [7, 11) is 0. The van der Waals surface area contributed by atoms with Crippen LogP contribution in [0.15, 0.2) is 437 Å². The second-order valence-electron chi connectivity index (χ2n) is 30.7. The SMILES string of the molecule is Cc1ccc(-c2ccc3c4ccccc4n(-c4ccccc4)c3c2)cc1.Cc1ccc(-c2cccc3c2c2ccccc2n3-c2ccccc2)cc1.Cc1ccc(-c2cccc3c4ccccc4n(-c4ccccc4)c23)cc1.Cc1cccc(-n2c3ccccc3c3ccccc32)c1.Cc1ccccc1-n1c2ccccc2c2ccccc21. The van der Waals surface area contributed by atoms with E-state index in [1.165, 1.54) is 199 Å². The minimum absolute atomic E-state index is 1.19. The van der Waals surface area contributed by atoms with Crippen molar-refractivity contribution in [1.29, 1.82) is 0 Å². The van der Waals surface area contributed by atoms with E-state index in [4.69, 9.17) is 0 Å². The molecule has 564 valence electrons. The summed E-state index contributed by atoms with van der Waals surface area (Å²) in [5.41, 5.74) is 32.6. The molecule has 0 fully saturated rings. The summed E-state index contributed by atoms with van der Waals surface area (Å²) in [5.74, 6) is 0. The smallest absolute Gasteiger partial charge is 0.0619 e. The monoisotopic (exact) mass is 1510 g/mol. The topological polar surface area (TPSA) is 24.6 Å². The van der Waals surface area contributed by atoms with E-state index in [0.717, 1.165) is 0 Å². The normalized spacial score (nSPS) is 11.3. The van der Waals surface area contributed by atoms with Gasteiger partial charge in [0.05, 0.1) is 55.2 Å². The van der Waals surface area contributed by atoms with Crippen molar-refractivity contribution in [2.75, 3.05) is 0 Å². The number of fused-ring (bicyclic) bond motifs is 15. The van der Waals surface area contributed by atoms with Crippen molar-refractivity contribution in [3.8, 4) is 61.8 Å². The summed E-state index contributed by atoms with van der Waals surface area (Å²) in [6.07, 6.45) is 0. The van der Waals surface area contributed by atoms with E-state index < -0.39 is 0 Å². The van der Waals surface area contributed by atoms with Crippen LogP contribution in [0.1, 0.15) is 27.8 Å². The van der Waals surface area contributed by atoms with Gasteiger partial charge in [0.1, 0.15) is 0 Å². The molecule has 0 radical (unpaired) electrons. The number of aromatic nitrogens is 5. The molecule has 23 rings (SSSR count). The van der Waals surface area contributed by atoms with Crippen molar-refractivity contribution in [1.82, 2.24) is 22.8 Å². The van der Waals surface area contributed by atoms with Gasteiger partial charge in [-0.1, -0.05) is 344 Å². The molecule has 5 aromatic heterocycles. The Labute approximate surface area is 688 Å². The highest BCUT2D eigenvalue weighted by Crippen LogP contribution is 2.42. The van der Waals surface area contributed by atoms with Crippen LogP contribution in [0.2, 0.25) is 0 Å². The van der Waals surface area contributed by atoms with E-state index in [-0.39, 0.29) is 0 Å². The Morgan fingerprint density at radius 3 is 0.958 bits per heavy atom. The molecule has 0 atom stereocenters. The van der Waals surface area contributed by atoms with Crippen LogP contribution in [0.4, 0.5) is 0 Å². The second kappa shape index (κ2) is 32.1. The molecule has 0 aliphatic carbocycles. The highest BCUT2D eigenvalue weighted by molar-refractivity contribution is 6.17. The third-order valence-electron chi connectivity index (χ3n) is 23.0. The quantitative estimate of drug-likeness (QED) is 0.145. The van der Waals surface area contributed by atoms with Gasteiger partial charge in [-0.2, -0.15) is 0 Å². The number of hydrogen-bond acceptors (Lipinski definition) is 0. The lowest BCUT2D eigenvalue weighted by atomic mass is 9.99. The van der Waals surface area contributed by atoms with Gasteiger partial charge in [0.15, 0.2) is 0 Å². The summed E-state index contributed by atoms with van der Waals surface area (Å²) in [4.78, 5) is 0. The van der Waals surface area contributed by atoms with Gasteiger partial charge in [-0.3, -0.25) is 0 Å². The Balaban J connectivity index is 0.0000000984. The minimum atomic E-state index is 1.19. The van der Waals surface area contributed by atoms with Crippen LogP contribution < -0.4 is 0 Å². The molecule has 5 heterocycles. The van der Waals surface area contributed by atoms with Crippen molar-refractivity contribution in [2.45, 2.75) is 34.6 Å². The zero-order valence-electron chi connectivity index (χ0n) is 66.8. The molecule has 0 aliphatic heterocycles. The number of para-hydroxylation sites is 12. The average Bonchev–Trinajstić information content (AvgIpc) is 1.64. The Morgan fingerprint density at radius 2 is 0.475 bits per heavy atom. The summed E-state index contributed by atoms with van der Waals surface area (Å²) < 4.78 is 11.8. The molecule has 0 saturated heterocycles. The van der Waals surface area contributed by atoms with E-state index in [1.54, 1.807) is 0 Å². The largest absolute Gasteiger partial charge is 0.309 e. The molecule has 0 saturated carbocycles. The van der Waals surface area contributed by atoms with Gasteiger partial charge in [-0.15, -0.1) is 0 Å². The van der Waals surface area contributed by atoms with Gasteiger partial charge >= 0.3 is 0 Å². The molecule has 0 aliphatic rings. The zero-order valence-corrected chi connectivity index (χ0v) is 66.8. The van der Waals surface area contributed by atoms with Crippen LogP contribution in [-0.2, 0) is 0 Å². The molecule has 118 heavy (non-hydrogen) atoms. The average molecular weight is 1510 g/mol. The Morgan fingerprint density at radius 1 is 0.161 bits per heavy atom. The number of nitrogens with zero attached hydrogens (tertiary/aromatic N) is 5. The molecule has 0 amide bonds. The van der Waals surface area contributed by atoms with Gasteiger partial charge in [-0.05, 0) is 183 Å². The van der Waals surface area contributed by atoms with Gasteiger partial charge in [-0.25, -0.2) is 0 Å².